The first-order chi connectivity index (χ1) is 19.3. The first-order valence-electron chi connectivity index (χ1n) is 12.5. The summed E-state index contributed by atoms with van der Waals surface area (Å²) in [5, 5.41) is 18.3. The number of anilines is 1. The van der Waals surface area contributed by atoms with Crippen molar-refractivity contribution >= 4 is 47.0 Å². The molecule has 0 aliphatic heterocycles. The summed E-state index contributed by atoms with van der Waals surface area (Å²) >= 11 is 12.2. The van der Waals surface area contributed by atoms with E-state index < -0.39 is 36.5 Å². The largest absolute Gasteiger partial charge is 0.481 e. The Balaban J connectivity index is 1.61. The monoisotopic (exact) mass is 588 g/mol. The number of nitrogens with one attached hydrogen (secondary N) is 3. The quantitative estimate of drug-likeness (QED) is 0.185. The second kappa shape index (κ2) is 16.3. The lowest BCUT2D eigenvalue weighted by Crippen LogP contribution is -2.50. The highest BCUT2D eigenvalue weighted by Gasteiger charge is 2.26. The van der Waals surface area contributed by atoms with Crippen molar-refractivity contribution in [1.82, 2.24) is 15.6 Å². The number of aromatic nitrogens is 1. The summed E-state index contributed by atoms with van der Waals surface area (Å²) in [5.41, 5.74) is 1.28. The molecule has 0 fully saturated rings. The van der Waals surface area contributed by atoms with Crippen LogP contribution in [0.2, 0.25) is 10.0 Å². The Labute approximate surface area is 242 Å². The molecule has 3 rings (SSSR count). The Morgan fingerprint density at radius 1 is 0.950 bits per heavy atom. The summed E-state index contributed by atoms with van der Waals surface area (Å²) in [4.78, 5) is 41.5. The summed E-state index contributed by atoms with van der Waals surface area (Å²) < 4.78 is 10.9. The molecule has 212 valence electrons. The summed E-state index contributed by atoms with van der Waals surface area (Å²) in [6.45, 7) is 0.622. The lowest BCUT2D eigenvalue weighted by molar-refractivity contribution is -0.138. The van der Waals surface area contributed by atoms with E-state index >= 15 is 0 Å². The molecule has 1 aromatic heterocycles. The summed E-state index contributed by atoms with van der Waals surface area (Å²) in [7, 11) is 0. The van der Waals surface area contributed by atoms with Crippen LogP contribution in [0.1, 0.15) is 30.0 Å². The molecule has 3 aromatic rings. The average molecular weight is 589 g/mol. The molecular weight excluding hydrogens is 559 g/mol. The number of aliphatic carboxylic acids is 1. The highest BCUT2D eigenvalue weighted by Crippen LogP contribution is 2.25. The van der Waals surface area contributed by atoms with E-state index in [1.54, 1.807) is 6.20 Å². The smallest absolute Gasteiger partial charge is 0.407 e. The van der Waals surface area contributed by atoms with Gasteiger partial charge in [0.15, 0.2) is 0 Å². The third kappa shape index (κ3) is 11.1. The zero-order chi connectivity index (χ0) is 28.7. The second-order valence-corrected chi connectivity index (χ2v) is 9.56. The highest BCUT2D eigenvalue weighted by molar-refractivity contribution is 6.34. The van der Waals surface area contributed by atoms with E-state index in [2.05, 4.69) is 20.9 Å². The molecule has 0 spiro atoms. The van der Waals surface area contributed by atoms with E-state index in [-0.39, 0.29) is 29.9 Å². The number of benzene rings is 2. The molecule has 2 amide bonds. The fraction of sp³-hybridized carbons (Fsp3) is 0.286. The number of hydrogen-bond acceptors (Lipinski definition) is 7. The third-order valence-corrected chi connectivity index (χ3v) is 5.95. The maximum absolute atomic E-state index is 13.3. The van der Waals surface area contributed by atoms with Crippen molar-refractivity contribution < 1.29 is 29.0 Å². The number of alkyl carbamates (subject to hydrolysis) is 1. The van der Waals surface area contributed by atoms with Gasteiger partial charge in [0.1, 0.15) is 11.9 Å². The maximum Gasteiger partial charge on any atom is 0.407 e. The Bertz CT molecular complexity index is 1230. The average Bonchev–Trinajstić information content (AvgIpc) is 2.92. The zero-order valence-corrected chi connectivity index (χ0v) is 23.0. The van der Waals surface area contributed by atoms with E-state index in [4.69, 9.17) is 32.7 Å². The van der Waals surface area contributed by atoms with Gasteiger partial charge >= 0.3 is 12.1 Å². The van der Waals surface area contributed by atoms with Gasteiger partial charge in [-0.3, -0.25) is 9.59 Å². The van der Waals surface area contributed by atoms with Crippen LogP contribution in [0.25, 0.3) is 0 Å². The zero-order valence-electron chi connectivity index (χ0n) is 21.5. The van der Waals surface area contributed by atoms with E-state index in [9.17, 15) is 19.5 Å². The molecule has 2 aromatic carbocycles. The number of pyridine rings is 1. The number of carbonyl (C=O) groups is 3. The molecule has 0 aliphatic rings. The molecule has 1 heterocycles. The molecule has 0 radical (unpaired) electrons. The minimum absolute atomic E-state index is 0.0908. The second-order valence-electron chi connectivity index (χ2n) is 8.69. The van der Waals surface area contributed by atoms with Crippen LogP contribution in [0.4, 0.5) is 10.6 Å². The van der Waals surface area contributed by atoms with Crippen LogP contribution in [0.3, 0.4) is 0 Å². The molecule has 40 heavy (non-hydrogen) atoms. The van der Waals surface area contributed by atoms with Gasteiger partial charge in [0.2, 0.25) is 5.91 Å². The van der Waals surface area contributed by atoms with Gasteiger partial charge in [-0.15, -0.1) is 0 Å². The standard InChI is InChI=1S/C28H30Cl2N4O6/c29-21-13-20(14-22(30)15-21)23(16-26(35)36)33-27(37)24(18-39-17-19-7-2-1-3-8-19)34-28(38)40-12-6-11-32-25-9-4-5-10-31-25/h1-5,7-10,13-15,23-24H,6,11-12,16-18H2,(H,31,32)(H,33,37)(H,34,38)(H,35,36). The Morgan fingerprint density at radius 2 is 1.68 bits per heavy atom. The van der Waals surface area contributed by atoms with Crippen molar-refractivity contribution in [3.05, 3.63) is 94.1 Å². The molecule has 12 heteroatoms. The van der Waals surface area contributed by atoms with Crippen molar-refractivity contribution in [2.45, 2.75) is 31.5 Å². The van der Waals surface area contributed by atoms with Gasteiger partial charge in [-0.05, 0) is 47.9 Å². The number of ether oxygens (including phenoxy) is 2. The number of nitrogens with zero attached hydrogens (tertiary/aromatic N) is 1. The van der Waals surface area contributed by atoms with Crippen LogP contribution in [-0.2, 0) is 25.7 Å². The van der Waals surface area contributed by atoms with Gasteiger partial charge in [0.25, 0.3) is 0 Å². The van der Waals surface area contributed by atoms with Crippen LogP contribution in [0, 0.1) is 0 Å². The molecular formula is C28H30Cl2N4O6. The van der Waals surface area contributed by atoms with Gasteiger partial charge in [-0.25, -0.2) is 9.78 Å². The molecule has 0 saturated heterocycles. The SMILES string of the molecule is O=C(O)CC(NC(=O)C(COCc1ccccc1)NC(=O)OCCCNc1ccccn1)c1cc(Cl)cc(Cl)c1. The molecule has 0 aliphatic carbocycles. The minimum atomic E-state index is -1.17. The van der Waals surface area contributed by atoms with Crippen LogP contribution in [0.5, 0.6) is 0 Å². The summed E-state index contributed by atoms with van der Waals surface area (Å²) in [5.74, 6) is -1.11. The number of rotatable bonds is 15. The van der Waals surface area contributed by atoms with Crippen molar-refractivity contribution in [2.24, 2.45) is 0 Å². The number of carboxylic acids is 1. The first kappa shape index (κ1) is 30.7. The Kier molecular flexibility index (Phi) is 12.5. The normalized spacial score (nSPS) is 12.2. The van der Waals surface area contributed by atoms with Gasteiger partial charge in [0, 0.05) is 22.8 Å². The number of hydrogen-bond donors (Lipinski definition) is 4. The van der Waals surface area contributed by atoms with Gasteiger partial charge < -0.3 is 30.5 Å². The van der Waals surface area contributed by atoms with Crippen LogP contribution < -0.4 is 16.0 Å². The van der Waals surface area contributed by atoms with E-state index in [1.807, 2.05) is 48.5 Å². The highest BCUT2D eigenvalue weighted by atomic mass is 35.5. The summed E-state index contributed by atoms with van der Waals surface area (Å²) in [6, 6.07) is 17.2. The van der Waals surface area contributed by atoms with Crippen molar-refractivity contribution in [3.8, 4) is 0 Å². The predicted octanol–water partition coefficient (Wildman–Crippen LogP) is 4.83. The minimum Gasteiger partial charge on any atom is -0.481 e. The van der Waals surface area contributed by atoms with E-state index in [0.29, 0.717) is 24.3 Å². The fourth-order valence-corrected chi connectivity index (χ4v) is 4.17. The molecule has 0 bridgehead atoms. The number of amides is 2. The maximum atomic E-state index is 13.3. The molecule has 0 saturated carbocycles. The van der Waals surface area contributed by atoms with Gasteiger partial charge in [-0.1, -0.05) is 59.6 Å². The van der Waals surface area contributed by atoms with Crippen LogP contribution in [-0.4, -0.2) is 53.9 Å². The predicted molar refractivity (Wildman–Crippen MR) is 151 cm³/mol. The van der Waals surface area contributed by atoms with Gasteiger partial charge in [0.05, 0.1) is 32.3 Å². The summed E-state index contributed by atoms with van der Waals surface area (Å²) in [6.07, 6.45) is 0.913. The van der Waals surface area contributed by atoms with Gasteiger partial charge in [-0.2, -0.15) is 0 Å². The fourth-order valence-electron chi connectivity index (χ4n) is 3.63. The molecule has 4 N–H and O–H groups in total. The van der Waals surface area contributed by atoms with E-state index in [1.165, 1.54) is 18.2 Å². The van der Waals surface area contributed by atoms with Crippen LogP contribution in [0.15, 0.2) is 72.9 Å². The molecule has 10 nitrogen and oxygen atoms in total. The molecule has 2 unspecified atom stereocenters. The number of halogens is 2. The third-order valence-electron chi connectivity index (χ3n) is 5.51. The van der Waals surface area contributed by atoms with Crippen molar-refractivity contribution in [3.63, 3.8) is 0 Å². The Hall–Kier alpha value is -3.86. The van der Waals surface area contributed by atoms with Crippen molar-refractivity contribution in [2.75, 3.05) is 25.1 Å². The molecule has 2 atom stereocenters. The number of carbonyl (C=O) groups excluding carboxylic acids is 2. The van der Waals surface area contributed by atoms with E-state index in [0.717, 1.165) is 5.56 Å². The lowest BCUT2D eigenvalue weighted by atomic mass is 10.0. The van der Waals surface area contributed by atoms with Crippen molar-refractivity contribution in [1.29, 1.82) is 0 Å². The number of carboxylic acid groups (broad SMARTS) is 1. The van der Waals surface area contributed by atoms with Crippen LogP contribution >= 0.6 is 23.2 Å². The topological polar surface area (TPSA) is 139 Å². The Morgan fingerprint density at radius 3 is 2.35 bits per heavy atom. The first-order valence-corrected chi connectivity index (χ1v) is 13.2. The lowest BCUT2D eigenvalue weighted by Gasteiger charge is -2.23.